The molecule has 2 rings (SSSR count). The highest BCUT2D eigenvalue weighted by atomic mass is 16.5. The van der Waals surface area contributed by atoms with E-state index in [0.29, 0.717) is 12.3 Å². The van der Waals surface area contributed by atoms with Gasteiger partial charge in [0.15, 0.2) is 0 Å². The summed E-state index contributed by atoms with van der Waals surface area (Å²) in [5.41, 5.74) is 9.24. The Morgan fingerprint density at radius 3 is 2.90 bits per heavy atom. The number of ether oxygens (including phenoxy) is 1. The number of rotatable bonds is 7. The molecule has 1 unspecified atom stereocenters. The van der Waals surface area contributed by atoms with E-state index in [1.54, 1.807) is 0 Å². The summed E-state index contributed by atoms with van der Waals surface area (Å²) < 4.78 is 5.89. The van der Waals surface area contributed by atoms with E-state index in [1.807, 2.05) is 24.3 Å². The van der Waals surface area contributed by atoms with Crippen LogP contribution < -0.4 is 4.74 Å². The zero-order valence-electron chi connectivity index (χ0n) is 12.3. The van der Waals surface area contributed by atoms with Crippen LogP contribution in [0, 0.1) is 5.92 Å². The third kappa shape index (κ3) is 5.66. The molecule has 0 radical (unpaired) electrons. The molecular weight excluding hydrogens is 266 g/mol. The van der Waals surface area contributed by atoms with E-state index in [2.05, 4.69) is 10.0 Å². The summed E-state index contributed by atoms with van der Waals surface area (Å²) in [5.74, 6) is 1.53. The fraction of sp³-hybridized carbons (Fsp3) is 0.625. The minimum absolute atomic E-state index is 0.101. The first-order valence-corrected chi connectivity index (χ1v) is 7.68. The van der Waals surface area contributed by atoms with Crippen LogP contribution in [0.4, 0.5) is 0 Å². The second-order valence-electron chi connectivity index (χ2n) is 5.73. The SMILES string of the molecule is [N-]=[N+]=NCC(O)Cc1cccc(OCC2CCCCC2)c1. The van der Waals surface area contributed by atoms with Crippen LogP contribution in [0.5, 0.6) is 5.75 Å². The predicted octanol–water partition coefficient (Wildman–Crippen LogP) is 3.86. The number of aliphatic hydroxyl groups excluding tert-OH is 1. The molecule has 1 aromatic carbocycles. The van der Waals surface area contributed by atoms with E-state index in [-0.39, 0.29) is 6.54 Å². The molecule has 1 aromatic rings. The Hall–Kier alpha value is -1.71. The Morgan fingerprint density at radius 1 is 1.33 bits per heavy atom. The first-order valence-electron chi connectivity index (χ1n) is 7.68. The number of hydrogen-bond donors (Lipinski definition) is 1. The Labute approximate surface area is 125 Å². The predicted molar refractivity (Wildman–Crippen MR) is 82.2 cm³/mol. The summed E-state index contributed by atoms with van der Waals surface area (Å²) in [4.78, 5) is 2.66. The largest absolute Gasteiger partial charge is 0.493 e. The van der Waals surface area contributed by atoms with Gasteiger partial charge in [-0.05, 0) is 48.4 Å². The van der Waals surface area contributed by atoms with Gasteiger partial charge in [0.05, 0.1) is 19.3 Å². The van der Waals surface area contributed by atoms with Crippen LogP contribution in [0.25, 0.3) is 10.4 Å². The Morgan fingerprint density at radius 2 is 2.14 bits per heavy atom. The summed E-state index contributed by atoms with van der Waals surface area (Å²) in [6, 6.07) is 7.80. The van der Waals surface area contributed by atoms with Gasteiger partial charge in [0.2, 0.25) is 0 Å². The van der Waals surface area contributed by atoms with Gasteiger partial charge in [0, 0.05) is 4.91 Å². The van der Waals surface area contributed by atoms with Gasteiger partial charge in [-0.25, -0.2) is 0 Å². The van der Waals surface area contributed by atoms with Gasteiger partial charge >= 0.3 is 0 Å². The van der Waals surface area contributed by atoms with Crippen molar-refractivity contribution in [2.24, 2.45) is 11.0 Å². The van der Waals surface area contributed by atoms with Gasteiger partial charge < -0.3 is 9.84 Å². The van der Waals surface area contributed by atoms with Crippen molar-refractivity contribution < 1.29 is 9.84 Å². The van der Waals surface area contributed by atoms with Crippen molar-refractivity contribution in [2.45, 2.75) is 44.6 Å². The lowest BCUT2D eigenvalue weighted by molar-refractivity contribution is 0.183. The number of benzene rings is 1. The molecule has 21 heavy (non-hydrogen) atoms. The molecule has 0 bridgehead atoms. The molecule has 1 N–H and O–H groups in total. The van der Waals surface area contributed by atoms with Crippen LogP contribution in [-0.4, -0.2) is 24.4 Å². The summed E-state index contributed by atoms with van der Waals surface area (Å²) in [6.07, 6.45) is 6.36. The van der Waals surface area contributed by atoms with Gasteiger partial charge in [0.25, 0.3) is 0 Å². The number of nitrogens with zero attached hydrogens (tertiary/aromatic N) is 3. The van der Waals surface area contributed by atoms with Crippen LogP contribution in [0.1, 0.15) is 37.7 Å². The van der Waals surface area contributed by atoms with Crippen molar-refractivity contribution in [1.82, 2.24) is 0 Å². The molecule has 114 valence electrons. The smallest absolute Gasteiger partial charge is 0.119 e. The lowest BCUT2D eigenvalue weighted by Gasteiger charge is -2.21. The van der Waals surface area contributed by atoms with Crippen molar-refractivity contribution in [1.29, 1.82) is 0 Å². The molecule has 1 fully saturated rings. The maximum absolute atomic E-state index is 9.75. The molecule has 1 atom stereocenters. The molecule has 1 aliphatic rings. The van der Waals surface area contributed by atoms with E-state index in [1.165, 1.54) is 32.1 Å². The zero-order chi connectivity index (χ0) is 14.9. The molecular formula is C16H23N3O2. The Balaban J connectivity index is 1.83. The zero-order valence-corrected chi connectivity index (χ0v) is 12.3. The molecule has 1 aliphatic carbocycles. The second kappa shape index (κ2) is 8.55. The molecule has 0 heterocycles. The maximum atomic E-state index is 9.75. The normalized spacial score (nSPS) is 17.0. The topological polar surface area (TPSA) is 78.2 Å². The van der Waals surface area contributed by atoms with E-state index < -0.39 is 6.10 Å². The Bertz CT molecular complexity index is 480. The average Bonchev–Trinajstić information content (AvgIpc) is 2.52. The summed E-state index contributed by atoms with van der Waals surface area (Å²) in [6.45, 7) is 0.883. The van der Waals surface area contributed by atoms with Crippen LogP contribution in [0.3, 0.4) is 0 Å². The summed E-state index contributed by atoms with van der Waals surface area (Å²) >= 11 is 0. The van der Waals surface area contributed by atoms with E-state index in [9.17, 15) is 5.11 Å². The fourth-order valence-corrected chi connectivity index (χ4v) is 2.80. The van der Waals surface area contributed by atoms with Gasteiger partial charge in [-0.2, -0.15) is 0 Å². The Kier molecular flexibility index (Phi) is 6.38. The first-order chi connectivity index (χ1) is 10.3. The van der Waals surface area contributed by atoms with Crippen molar-refractivity contribution in [3.8, 4) is 5.75 Å². The van der Waals surface area contributed by atoms with Crippen molar-refractivity contribution in [3.63, 3.8) is 0 Å². The fourth-order valence-electron chi connectivity index (χ4n) is 2.80. The highest BCUT2D eigenvalue weighted by Crippen LogP contribution is 2.25. The lowest BCUT2D eigenvalue weighted by Crippen LogP contribution is -2.16. The van der Waals surface area contributed by atoms with E-state index in [4.69, 9.17) is 10.3 Å². The standard InChI is InChI=1S/C16H23N3O2/c17-19-18-11-15(20)9-14-7-4-8-16(10-14)21-12-13-5-2-1-3-6-13/h4,7-8,10,13,15,20H,1-3,5-6,9,11-12H2. The van der Waals surface area contributed by atoms with Gasteiger partial charge in [0.1, 0.15) is 5.75 Å². The second-order valence-corrected chi connectivity index (χ2v) is 5.73. The van der Waals surface area contributed by atoms with Crippen LogP contribution in [0.2, 0.25) is 0 Å². The summed E-state index contributed by atoms with van der Waals surface area (Å²) in [5, 5.41) is 13.1. The highest BCUT2D eigenvalue weighted by Gasteiger charge is 2.14. The van der Waals surface area contributed by atoms with Gasteiger partial charge in [-0.15, -0.1) is 0 Å². The van der Waals surface area contributed by atoms with Crippen LogP contribution in [-0.2, 0) is 6.42 Å². The summed E-state index contributed by atoms with van der Waals surface area (Å²) in [7, 11) is 0. The molecule has 1 saturated carbocycles. The maximum Gasteiger partial charge on any atom is 0.119 e. The molecule has 0 amide bonds. The first kappa shape index (κ1) is 15.7. The van der Waals surface area contributed by atoms with E-state index in [0.717, 1.165) is 17.9 Å². The van der Waals surface area contributed by atoms with Crippen molar-refractivity contribution in [2.75, 3.05) is 13.2 Å². The highest BCUT2D eigenvalue weighted by molar-refractivity contribution is 5.29. The third-order valence-electron chi connectivity index (χ3n) is 3.94. The van der Waals surface area contributed by atoms with Crippen LogP contribution in [0.15, 0.2) is 29.4 Å². The quantitative estimate of drug-likeness (QED) is 0.470. The monoisotopic (exact) mass is 289 g/mol. The minimum Gasteiger partial charge on any atom is -0.493 e. The molecule has 0 aliphatic heterocycles. The number of aliphatic hydroxyl groups is 1. The molecule has 0 saturated heterocycles. The number of azide groups is 1. The molecule has 0 aromatic heterocycles. The third-order valence-corrected chi connectivity index (χ3v) is 3.94. The average molecular weight is 289 g/mol. The number of hydrogen-bond acceptors (Lipinski definition) is 3. The van der Waals surface area contributed by atoms with Crippen molar-refractivity contribution in [3.05, 3.63) is 40.3 Å². The van der Waals surface area contributed by atoms with Gasteiger partial charge in [-0.3, -0.25) is 0 Å². The lowest BCUT2D eigenvalue weighted by atomic mass is 9.90. The molecule has 5 nitrogen and oxygen atoms in total. The molecule has 0 spiro atoms. The minimum atomic E-state index is -0.644. The van der Waals surface area contributed by atoms with E-state index >= 15 is 0 Å². The van der Waals surface area contributed by atoms with Crippen molar-refractivity contribution >= 4 is 0 Å². The molecule has 5 heteroatoms. The van der Waals surface area contributed by atoms with Gasteiger partial charge in [-0.1, -0.05) is 36.5 Å². The van der Waals surface area contributed by atoms with Crippen LogP contribution >= 0.6 is 0 Å².